The molecule has 3 N–H and O–H groups in total. The van der Waals surface area contributed by atoms with Crippen molar-refractivity contribution in [1.82, 2.24) is 9.97 Å². The highest BCUT2D eigenvalue weighted by Crippen LogP contribution is 2.30. The molecule has 4 rings (SSSR count). The Morgan fingerprint density at radius 2 is 1.79 bits per heavy atom. The smallest absolute Gasteiger partial charge is 0.150 e. The van der Waals surface area contributed by atoms with E-state index in [4.69, 9.17) is 10.5 Å². The lowest BCUT2D eigenvalue weighted by atomic mass is 9.93. The maximum Gasteiger partial charge on any atom is 0.150 e. The van der Waals surface area contributed by atoms with Crippen LogP contribution in [0.5, 0.6) is 5.75 Å². The van der Waals surface area contributed by atoms with Crippen molar-refractivity contribution in [2.45, 2.75) is 25.9 Å². The Labute approximate surface area is 163 Å². The van der Waals surface area contributed by atoms with Crippen LogP contribution in [-0.2, 0) is 13.0 Å². The lowest BCUT2D eigenvalue weighted by Gasteiger charge is -2.14. The van der Waals surface area contributed by atoms with E-state index in [0.29, 0.717) is 17.3 Å². The highest BCUT2D eigenvalue weighted by molar-refractivity contribution is 6.08. The minimum absolute atomic E-state index is 0.0211. The van der Waals surface area contributed by atoms with Crippen LogP contribution in [0.25, 0.3) is 21.8 Å². The molecule has 1 atom stereocenters. The third-order valence-corrected chi connectivity index (χ3v) is 5.20. The number of fused-ring (bicyclic) bond motifs is 3. The third-order valence-electron chi connectivity index (χ3n) is 5.20. The summed E-state index contributed by atoms with van der Waals surface area (Å²) in [4.78, 5) is 9.07. The second-order valence-corrected chi connectivity index (χ2v) is 7.12. The van der Waals surface area contributed by atoms with Crippen LogP contribution >= 0.6 is 0 Å². The molecule has 1 unspecified atom stereocenters. The number of benzene rings is 2. The zero-order chi connectivity index (χ0) is 19.7. The Balaban J connectivity index is 1.73. The SMILES string of the molecule is COc1ccc(CC(C)c2cnc3c(N)nc4cc(CO)ccc4c3c2)cc1. The summed E-state index contributed by atoms with van der Waals surface area (Å²) in [6, 6.07) is 16.1. The largest absolute Gasteiger partial charge is 0.497 e. The number of aliphatic hydroxyl groups is 1. The van der Waals surface area contributed by atoms with Crippen molar-refractivity contribution in [3.8, 4) is 5.75 Å². The maximum atomic E-state index is 9.39. The minimum atomic E-state index is -0.0211. The second-order valence-electron chi connectivity index (χ2n) is 7.12. The van der Waals surface area contributed by atoms with Crippen LogP contribution in [0.3, 0.4) is 0 Å². The summed E-state index contributed by atoms with van der Waals surface area (Å²) in [6.07, 6.45) is 2.80. The van der Waals surface area contributed by atoms with Gasteiger partial charge in [0, 0.05) is 17.0 Å². The number of methoxy groups -OCH3 is 1. The lowest BCUT2D eigenvalue weighted by Crippen LogP contribution is -2.02. The van der Waals surface area contributed by atoms with Gasteiger partial charge in [-0.3, -0.25) is 4.98 Å². The Morgan fingerprint density at radius 1 is 1.04 bits per heavy atom. The fraction of sp³-hybridized carbons (Fsp3) is 0.217. The molecule has 5 heteroatoms. The topological polar surface area (TPSA) is 81.3 Å². The van der Waals surface area contributed by atoms with Crippen LogP contribution in [0.4, 0.5) is 5.82 Å². The molecule has 28 heavy (non-hydrogen) atoms. The fourth-order valence-corrected chi connectivity index (χ4v) is 3.57. The quantitative estimate of drug-likeness (QED) is 0.512. The number of hydrogen-bond acceptors (Lipinski definition) is 5. The first-order chi connectivity index (χ1) is 13.6. The van der Waals surface area contributed by atoms with Gasteiger partial charge in [0.2, 0.25) is 0 Å². The summed E-state index contributed by atoms with van der Waals surface area (Å²) >= 11 is 0. The molecular weight excluding hydrogens is 350 g/mol. The number of nitrogens with two attached hydrogens (primary N) is 1. The molecule has 4 aromatic rings. The summed E-state index contributed by atoms with van der Waals surface area (Å²) in [7, 11) is 1.67. The van der Waals surface area contributed by atoms with Crippen LogP contribution in [-0.4, -0.2) is 22.2 Å². The summed E-state index contributed by atoms with van der Waals surface area (Å²) in [5.41, 5.74) is 10.9. The minimum Gasteiger partial charge on any atom is -0.497 e. The molecule has 0 bridgehead atoms. The molecule has 2 aromatic carbocycles. The predicted molar refractivity (Wildman–Crippen MR) is 112 cm³/mol. The van der Waals surface area contributed by atoms with E-state index in [1.165, 1.54) is 5.56 Å². The van der Waals surface area contributed by atoms with Gasteiger partial charge in [-0.05, 0) is 53.3 Å². The van der Waals surface area contributed by atoms with Gasteiger partial charge < -0.3 is 15.6 Å². The second kappa shape index (κ2) is 7.44. The Bertz CT molecular complexity index is 1140. The van der Waals surface area contributed by atoms with E-state index in [9.17, 15) is 5.11 Å². The Hall–Kier alpha value is -3.18. The van der Waals surface area contributed by atoms with Gasteiger partial charge >= 0.3 is 0 Å². The fourth-order valence-electron chi connectivity index (χ4n) is 3.57. The molecule has 0 radical (unpaired) electrons. The molecule has 0 fully saturated rings. The van der Waals surface area contributed by atoms with Gasteiger partial charge in [0.05, 0.1) is 19.2 Å². The van der Waals surface area contributed by atoms with Gasteiger partial charge in [-0.2, -0.15) is 0 Å². The molecule has 0 spiro atoms. The van der Waals surface area contributed by atoms with E-state index in [2.05, 4.69) is 35.1 Å². The highest BCUT2D eigenvalue weighted by Gasteiger charge is 2.13. The summed E-state index contributed by atoms with van der Waals surface area (Å²) < 4.78 is 5.23. The molecule has 0 saturated carbocycles. The van der Waals surface area contributed by atoms with Crippen LogP contribution in [0, 0.1) is 0 Å². The number of nitrogen functional groups attached to an aromatic ring is 1. The number of hydrogen-bond donors (Lipinski definition) is 2. The van der Waals surface area contributed by atoms with Crippen LogP contribution in [0.15, 0.2) is 54.7 Å². The molecule has 142 valence electrons. The number of ether oxygens (including phenoxy) is 1. The van der Waals surface area contributed by atoms with Gasteiger partial charge in [-0.25, -0.2) is 4.98 Å². The zero-order valence-electron chi connectivity index (χ0n) is 16.0. The Kier molecular flexibility index (Phi) is 4.84. The van der Waals surface area contributed by atoms with E-state index in [-0.39, 0.29) is 6.61 Å². The monoisotopic (exact) mass is 373 g/mol. The molecule has 0 saturated heterocycles. The van der Waals surface area contributed by atoms with E-state index in [1.54, 1.807) is 7.11 Å². The van der Waals surface area contributed by atoms with E-state index in [1.807, 2.05) is 36.5 Å². The highest BCUT2D eigenvalue weighted by atomic mass is 16.5. The molecule has 0 aliphatic heterocycles. The van der Waals surface area contributed by atoms with Gasteiger partial charge in [-0.1, -0.05) is 31.2 Å². The molecule has 0 aliphatic carbocycles. The van der Waals surface area contributed by atoms with Gasteiger partial charge in [-0.15, -0.1) is 0 Å². The van der Waals surface area contributed by atoms with E-state index < -0.39 is 0 Å². The van der Waals surface area contributed by atoms with E-state index in [0.717, 1.165) is 39.6 Å². The van der Waals surface area contributed by atoms with E-state index >= 15 is 0 Å². The first-order valence-electron chi connectivity index (χ1n) is 9.30. The van der Waals surface area contributed by atoms with Crippen molar-refractivity contribution >= 4 is 27.6 Å². The van der Waals surface area contributed by atoms with Crippen molar-refractivity contribution < 1.29 is 9.84 Å². The molecular formula is C23H23N3O2. The lowest BCUT2D eigenvalue weighted by molar-refractivity contribution is 0.282. The average Bonchev–Trinajstić information content (AvgIpc) is 2.73. The normalized spacial score (nSPS) is 12.4. The first-order valence-corrected chi connectivity index (χ1v) is 9.30. The molecule has 2 heterocycles. The number of anilines is 1. The van der Waals surface area contributed by atoms with Gasteiger partial charge in [0.1, 0.15) is 11.3 Å². The predicted octanol–water partition coefficient (Wildman–Crippen LogP) is 4.21. The average molecular weight is 373 g/mol. The van der Waals surface area contributed by atoms with Crippen molar-refractivity contribution in [1.29, 1.82) is 0 Å². The molecule has 0 aliphatic rings. The number of rotatable bonds is 5. The first kappa shape index (κ1) is 18.2. The third kappa shape index (κ3) is 3.37. The summed E-state index contributed by atoms with van der Waals surface area (Å²) in [6.45, 7) is 2.18. The number of nitrogens with zero attached hydrogens (tertiary/aromatic N) is 2. The number of aliphatic hydroxyl groups excluding tert-OH is 1. The Morgan fingerprint density at radius 3 is 2.50 bits per heavy atom. The standard InChI is InChI=1S/C23H23N3O2/c1-14(9-15-3-6-18(28-2)7-4-15)17-11-20-19-8-5-16(13-27)10-21(19)26-23(24)22(20)25-12-17/h3-8,10-12,14,27H,9,13H2,1-2H3,(H2,24,26). The summed E-state index contributed by atoms with van der Waals surface area (Å²) in [5.74, 6) is 1.57. The van der Waals surface area contributed by atoms with Crippen molar-refractivity contribution in [3.63, 3.8) is 0 Å². The number of pyridine rings is 2. The maximum absolute atomic E-state index is 9.39. The van der Waals surface area contributed by atoms with Crippen molar-refractivity contribution in [3.05, 3.63) is 71.4 Å². The zero-order valence-corrected chi connectivity index (χ0v) is 16.0. The number of aromatic nitrogens is 2. The molecule has 5 nitrogen and oxygen atoms in total. The summed E-state index contributed by atoms with van der Waals surface area (Å²) in [5, 5.41) is 11.4. The van der Waals surface area contributed by atoms with Crippen molar-refractivity contribution in [2.75, 3.05) is 12.8 Å². The van der Waals surface area contributed by atoms with Gasteiger partial charge in [0.15, 0.2) is 5.82 Å². The van der Waals surface area contributed by atoms with Crippen LogP contribution in [0.2, 0.25) is 0 Å². The van der Waals surface area contributed by atoms with Crippen molar-refractivity contribution in [2.24, 2.45) is 0 Å². The molecule has 2 aromatic heterocycles. The molecule has 0 amide bonds. The van der Waals surface area contributed by atoms with Crippen LogP contribution < -0.4 is 10.5 Å². The van der Waals surface area contributed by atoms with Gasteiger partial charge in [0.25, 0.3) is 0 Å². The van der Waals surface area contributed by atoms with Crippen LogP contribution in [0.1, 0.15) is 29.5 Å².